The van der Waals surface area contributed by atoms with Crippen LogP contribution in [0.5, 0.6) is 23.0 Å². The standard InChI is InChI=1S/C54H33N5O10/c1-55-47(60)33-14-12-29(20-39(33)49(55)62)68-31-22-35(45-41(24-31)51(64)57(3)53(45)66)26-10-16-43-37(18-26)38-19-27(11-17-44(38)59(43)28-8-6-5-7-9-28)36-23-32(25-42-46(36)54(67)58(4)52(42)65)69-30-13-15-34-40(21-30)50(63)56(2)48(34)61/h5-25H,1-4H3. The highest BCUT2D eigenvalue weighted by atomic mass is 16.5. The van der Waals surface area contributed by atoms with E-state index in [1.54, 1.807) is 24.3 Å². The Morgan fingerprint density at radius 2 is 0.681 bits per heavy atom. The van der Waals surface area contributed by atoms with E-state index in [2.05, 4.69) is 4.57 Å². The van der Waals surface area contributed by atoms with E-state index in [1.165, 1.54) is 64.6 Å². The Morgan fingerprint density at radius 1 is 0.319 bits per heavy atom. The molecule has 69 heavy (non-hydrogen) atoms. The van der Waals surface area contributed by atoms with Crippen LogP contribution in [0.3, 0.4) is 0 Å². The quantitative estimate of drug-likeness (QED) is 0.141. The van der Waals surface area contributed by atoms with Crippen LogP contribution in [0.2, 0.25) is 0 Å². The number of ether oxygens (including phenoxy) is 2. The summed E-state index contributed by atoms with van der Waals surface area (Å²) in [4.78, 5) is 110. The SMILES string of the molecule is CN1C(=O)c2ccc(Oc3cc4c(c(-c5ccc6c(c5)c5cc(-c7cc(Oc8ccc9c(c8)C(=O)N(C)C9=O)cc8c7C(=O)N(C)C8=O)ccc5n6-c5ccccc5)c3)C(=O)N(C)C4=O)cc2C1=O. The van der Waals surface area contributed by atoms with Crippen LogP contribution < -0.4 is 9.47 Å². The second-order valence-electron chi connectivity index (χ2n) is 17.2. The van der Waals surface area contributed by atoms with Crippen LogP contribution in [-0.4, -0.2) is 99.6 Å². The number of amides is 8. The van der Waals surface area contributed by atoms with Crippen molar-refractivity contribution >= 4 is 69.1 Å². The van der Waals surface area contributed by atoms with Gasteiger partial charge in [-0.15, -0.1) is 0 Å². The molecule has 334 valence electrons. The average molecular weight is 912 g/mol. The van der Waals surface area contributed by atoms with Crippen LogP contribution in [0.25, 0.3) is 49.7 Å². The van der Waals surface area contributed by atoms with Gasteiger partial charge in [-0.3, -0.25) is 58.0 Å². The molecule has 0 fully saturated rings. The molecule has 0 aliphatic carbocycles. The van der Waals surface area contributed by atoms with Gasteiger partial charge in [0.05, 0.1) is 55.5 Å². The number of para-hydroxylation sites is 1. The van der Waals surface area contributed by atoms with Crippen molar-refractivity contribution in [3.05, 3.63) is 172 Å². The van der Waals surface area contributed by atoms with Gasteiger partial charge in [-0.05, 0) is 119 Å². The van der Waals surface area contributed by atoms with E-state index in [0.29, 0.717) is 22.3 Å². The molecule has 0 saturated carbocycles. The minimum atomic E-state index is -0.519. The summed E-state index contributed by atoms with van der Waals surface area (Å²) in [7, 11) is 5.63. The maximum Gasteiger partial charge on any atom is 0.261 e. The molecule has 7 aromatic carbocycles. The summed E-state index contributed by atoms with van der Waals surface area (Å²) >= 11 is 0. The van der Waals surface area contributed by atoms with Crippen molar-refractivity contribution in [1.82, 2.24) is 24.2 Å². The molecule has 0 atom stereocenters. The van der Waals surface area contributed by atoms with Crippen LogP contribution in [0.15, 0.2) is 127 Å². The third-order valence-corrected chi connectivity index (χ3v) is 13.3. The summed E-state index contributed by atoms with van der Waals surface area (Å²) in [6.45, 7) is 0. The number of aromatic nitrogens is 1. The number of carbonyl (C=O) groups excluding carboxylic acids is 8. The fourth-order valence-corrected chi connectivity index (χ4v) is 9.78. The zero-order valence-electron chi connectivity index (χ0n) is 36.9. The summed E-state index contributed by atoms with van der Waals surface area (Å²) in [6, 6.07) is 36.6. The lowest BCUT2D eigenvalue weighted by atomic mass is 9.93. The van der Waals surface area contributed by atoms with Crippen molar-refractivity contribution in [3.8, 4) is 50.9 Å². The Morgan fingerprint density at radius 3 is 1.12 bits per heavy atom. The van der Waals surface area contributed by atoms with Crippen molar-refractivity contribution in [3.63, 3.8) is 0 Å². The Balaban J connectivity index is 1.02. The normalized spacial score (nSPS) is 15.1. The minimum absolute atomic E-state index is 0.128. The molecule has 4 aliphatic rings. The van der Waals surface area contributed by atoms with Crippen LogP contribution in [-0.2, 0) is 0 Å². The van der Waals surface area contributed by atoms with Crippen molar-refractivity contribution in [2.75, 3.05) is 28.2 Å². The number of fused-ring (bicyclic) bond motifs is 7. The zero-order valence-corrected chi connectivity index (χ0v) is 36.9. The summed E-state index contributed by atoms with van der Waals surface area (Å²) in [5, 5.41) is 1.49. The second kappa shape index (κ2) is 14.5. The van der Waals surface area contributed by atoms with E-state index in [1.807, 2.05) is 66.7 Å². The van der Waals surface area contributed by atoms with Gasteiger partial charge in [-0.1, -0.05) is 30.3 Å². The molecule has 0 spiro atoms. The molecule has 8 amide bonds. The number of hydrogen-bond donors (Lipinski definition) is 0. The molecular weight excluding hydrogens is 879 g/mol. The Labute approximate surface area is 390 Å². The van der Waals surface area contributed by atoms with Crippen molar-refractivity contribution in [2.45, 2.75) is 0 Å². The molecule has 8 aromatic rings. The van der Waals surface area contributed by atoms with Gasteiger partial charge >= 0.3 is 0 Å². The van der Waals surface area contributed by atoms with E-state index in [9.17, 15) is 38.4 Å². The van der Waals surface area contributed by atoms with E-state index in [-0.39, 0.29) is 67.5 Å². The molecule has 5 heterocycles. The number of imide groups is 4. The van der Waals surface area contributed by atoms with Gasteiger partial charge in [0.15, 0.2) is 0 Å². The molecular formula is C54H33N5O10. The molecule has 12 rings (SSSR count). The smallest absolute Gasteiger partial charge is 0.261 e. The van der Waals surface area contributed by atoms with Gasteiger partial charge in [-0.2, -0.15) is 0 Å². The first-order chi connectivity index (χ1) is 33.2. The molecule has 0 radical (unpaired) electrons. The highest BCUT2D eigenvalue weighted by molar-refractivity contribution is 6.26. The van der Waals surface area contributed by atoms with E-state index in [0.717, 1.165) is 47.1 Å². The van der Waals surface area contributed by atoms with Gasteiger partial charge in [0.1, 0.15) is 23.0 Å². The number of nitrogens with zero attached hydrogens (tertiary/aromatic N) is 5. The molecule has 0 N–H and O–H groups in total. The Hall–Kier alpha value is -9.50. The van der Waals surface area contributed by atoms with Crippen molar-refractivity contribution < 1.29 is 47.8 Å². The van der Waals surface area contributed by atoms with Crippen molar-refractivity contribution in [2.24, 2.45) is 0 Å². The first kappa shape index (κ1) is 41.0. The van der Waals surface area contributed by atoms with Crippen LogP contribution in [0.4, 0.5) is 0 Å². The van der Waals surface area contributed by atoms with Gasteiger partial charge in [0, 0.05) is 44.7 Å². The number of carbonyl (C=O) groups is 8. The van der Waals surface area contributed by atoms with Crippen LogP contribution in [0.1, 0.15) is 82.9 Å². The fraction of sp³-hybridized carbons (Fsp3) is 0.0741. The summed E-state index contributed by atoms with van der Waals surface area (Å²) < 4.78 is 14.7. The summed E-state index contributed by atoms with van der Waals surface area (Å²) in [5.74, 6) is -2.90. The van der Waals surface area contributed by atoms with Crippen LogP contribution in [0, 0.1) is 0 Å². The maximum absolute atomic E-state index is 13.9. The molecule has 15 heteroatoms. The van der Waals surface area contributed by atoms with E-state index in [4.69, 9.17) is 9.47 Å². The third kappa shape index (κ3) is 5.86. The third-order valence-electron chi connectivity index (χ3n) is 13.3. The number of rotatable bonds is 7. The average Bonchev–Trinajstić information content (AvgIpc) is 4.02. The lowest BCUT2D eigenvalue weighted by Crippen LogP contribution is -2.24. The summed E-state index contributed by atoms with van der Waals surface area (Å²) in [6.07, 6.45) is 0. The minimum Gasteiger partial charge on any atom is -0.457 e. The monoisotopic (exact) mass is 911 g/mol. The molecule has 0 bridgehead atoms. The Kier molecular flexibility index (Phi) is 8.61. The fourth-order valence-electron chi connectivity index (χ4n) is 9.78. The maximum atomic E-state index is 13.9. The van der Waals surface area contributed by atoms with Gasteiger partial charge in [-0.25, -0.2) is 0 Å². The molecule has 1 aromatic heterocycles. The van der Waals surface area contributed by atoms with E-state index >= 15 is 0 Å². The lowest BCUT2D eigenvalue weighted by molar-refractivity contribution is 0.0677. The topological polar surface area (TPSA) is 173 Å². The van der Waals surface area contributed by atoms with E-state index < -0.39 is 47.3 Å². The first-order valence-electron chi connectivity index (χ1n) is 21.6. The van der Waals surface area contributed by atoms with Gasteiger partial charge in [0.2, 0.25) is 0 Å². The number of hydrogen-bond acceptors (Lipinski definition) is 10. The van der Waals surface area contributed by atoms with Crippen molar-refractivity contribution in [1.29, 1.82) is 0 Å². The highest BCUT2D eigenvalue weighted by Crippen LogP contribution is 2.44. The zero-order chi connectivity index (χ0) is 47.9. The van der Waals surface area contributed by atoms with Crippen LogP contribution >= 0.6 is 0 Å². The predicted octanol–water partition coefficient (Wildman–Crippen LogP) is 8.61. The largest absolute Gasteiger partial charge is 0.457 e. The molecule has 0 saturated heterocycles. The molecule has 4 aliphatic heterocycles. The lowest BCUT2D eigenvalue weighted by Gasteiger charge is -2.13. The summed E-state index contributed by atoms with van der Waals surface area (Å²) in [5.41, 5.74) is 5.92. The number of benzene rings is 7. The predicted molar refractivity (Wildman–Crippen MR) is 250 cm³/mol. The second-order valence-corrected chi connectivity index (χ2v) is 17.2. The molecule has 15 nitrogen and oxygen atoms in total. The highest BCUT2D eigenvalue weighted by Gasteiger charge is 2.39. The van der Waals surface area contributed by atoms with Gasteiger partial charge in [0.25, 0.3) is 47.3 Å². The first-order valence-corrected chi connectivity index (χ1v) is 21.6. The molecule has 0 unspecified atom stereocenters. The van der Waals surface area contributed by atoms with Gasteiger partial charge < -0.3 is 14.0 Å². The Bertz CT molecular complexity index is 3590.